The van der Waals surface area contributed by atoms with Gasteiger partial charge in [-0.1, -0.05) is 30.8 Å². The lowest BCUT2D eigenvalue weighted by Crippen LogP contribution is -2.43. The molecule has 0 atom stereocenters. The molecule has 1 N–H and O–H groups in total. The van der Waals surface area contributed by atoms with Gasteiger partial charge in [-0.15, -0.1) is 0 Å². The molecule has 0 fully saturated rings. The Morgan fingerprint density at radius 1 is 1.30 bits per heavy atom. The summed E-state index contributed by atoms with van der Waals surface area (Å²) in [5.41, 5.74) is 0.334. The fourth-order valence-electron chi connectivity index (χ4n) is 2.56. The Balaban J connectivity index is 2.22. The molecule has 2 aromatic rings. The summed E-state index contributed by atoms with van der Waals surface area (Å²) in [5.74, 6) is 0.162. The molecular weight excluding hydrogens is 362 g/mol. The summed E-state index contributed by atoms with van der Waals surface area (Å²) in [6.07, 6.45) is 1.57. The van der Waals surface area contributed by atoms with Gasteiger partial charge in [0.2, 0.25) is 5.91 Å². The molecule has 0 aliphatic rings. The quantitative estimate of drug-likeness (QED) is 0.382. The summed E-state index contributed by atoms with van der Waals surface area (Å²) in [6.45, 7) is 9.72. The molecule has 1 heterocycles. The van der Waals surface area contributed by atoms with E-state index in [0.717, 1.165) is 12.8 Å². The van der Waals surface area contributed by atoms with Crippen molar-refractivity contribution in [1.29, 1.82) is 0 Å². The van der Waals surface area contributed by atoms with Crippen molar-refractivity contribution in [2.75, 3.05) is 19.0 Å². The molecule has 1 amide bonds. The van der Waals surface area contributed by atoms with Gasteiger partial charge in [-0.05, 0) is 45.7 Å². The van der Waals surface area contributed by atoms with Crippen LogP contribution >= 0.6 is 11.8 Å². The maximum absolute atomic E-state index is 12.9. The Morgan fingerprint density at radius 2 is 2.04 bits per heavy atom. The van der Waals surface area contributed by atoms with Gasteiger partial charge in [-0.2, -0.15) is 0 Å². The second kappa shape index (κ2) is 9.90. The van der Waals surface area contributed by atoms with E-state index in [2.05, 4.69) is 10.3 Å². The Morgan fingerprint density at radius 3 is 2.74 bits per heavy atom. The van der Waals surface area contributed by atoms with E-state index in [9.17, 15) is 9.59 Å². The Labute approximate surface area is 164 Å². The molecule has 27 heavy (non-hydrogen) atoms. The maximum atomic E-state index is 12.9. The van der Waals surface area contributed by atoms with Crippen molar-refractivity contribution >= 4 is 28.6 Å². The summed E-state index contributed by atoms with van der Waals surface area (Å²) in [7, 11) is 0. The number of thioether (sulfide) groups is 1. The van der Waals surface area contributed by atoms with Crippen molar-refractivity contribution in [3.8, 4) is 0 Å². The van der Waals surface area contributed by atoms with Gasteiger partial charge in [0, 0.05) is 25.3 Å². The molecule has 0 aliphatic heterocycles. The number of ether oxygens (including phenoxy) is 1. The van der Waals surface area contributed by atoms with Crippen molar-refractivity contribution < 1.29 is 9.53 Å². The van der Waals surface area contributed by atoms with Crippen LogP contribution < -0.4 is 10.9 Å². The van der Waals surface area contributed by atoms with Crippen LogP contribution in [-0.2, 0) is 16.1 Å². The standard InChI is InChI=1S/C20H29N3O3S/c1-5-20(3,4)22-17(24)14-27-19-21-16-11-8-7-10-15(16)18(25)23(19)12-9-13-26-6-2/h7-8,10-11H,5-6,9,12-14H2,1-4H3,(H,22,24). The van der Waals surface area contributed by atoms with E-state index in [1.165, 1.54) is 11.8 Å². The van der Waals surface area contributed by atoms with Gasteiger partial charge in [-0.25, -0.2) is 4.98 Å². The van der Waals surface area contributed by atoms with Gasteiger partial charge >= 0.3 is 0 Å². The van der Waals surface area contributed by atoms with Crippen LogP contribution in [0.2, 0.25) is 0 Å². The van der Waals surface area contributed by atoms with E-state index in [1.54, 1.807) is 10.6 Å². The van der Waals surface area contributed by atoms with Gasteiger partial charge in [0.1, 0.15) is 0 Å². The second-order valence-electron chi connectivity index (χ2n) is 6.99. The van der Waals surface area contributed by atoms with Gasteiger partial charge in [0.25, 0.3) is 5.56 Å². The first kappa shape index (κ1) is 21.4. The predicted octanol–water partition coefficient (Wildman–Crippen LogP) is 3.22. The lowest BCUT2D eigenvalue weighted by Gasteiger charge is -2.24. The highest BCUT2D eigenvalue weighted by Crippen LogP contribution is 2.18. The lowest BCUT2D eigenvalue weighted by molar-refractivity contribution is -0.120. The third-order valence-electron chi connectivity index (χ3n) is 4.40. The number of nitrogens with zero attached hydrogens (tertiary/aromatic N) is 2. The minimum Gasteiger partial charge on any atom is -0.382 e. The van der Waals surface area contributed by atoms with Crippen LogP contribution in [0.4, 0.5) is 0 Å². The summed E-state index contributed by atoms with van der Waals surface area (Å²) < 4.78 is 7.04. The van der Waals surface area contributed by atoms with Crippen LogP contribution in [0.15, 0.2) is 34.2 Å². The molecule has 0 saturated heterocycles. The van der Waals surface area contributed by atoms with Crippen molar-refractivity contribution in [3.05, 3.63) is 34.6 Å². The summed E-state index contributed by atoms with van der Waals surface area (Å²) >= 11 is 1.30. The Hall–Kier alpha value is -1.86. The average Bonchev–Trinajstić information content (AvgIpc) is 2.65. The summed E-state index contributed by atoms with van der Waals surface area (Å²) in [4.78, 5) is 29.8. The van der Waals surface area contributed by atoms with Crippen LogP contribution in [-0.4, -0.2) is 40.0 Å². The highest BCUT2D eigenvalue weighted by Gasteiger charge is 2.19. The number of aromatic nitrogens is 2. The van der Waals surface area contributed by atoms with Gasteiger partial charge in [-0.3, -0.25) is 14.2 Å². The highest BCUT2D eigenvalue weighted by atomic mass is 32.2. The maximum Gasteiger partial charge on any atom is 0.262 e. The van der Waals surface area contributed by atoms with Crippen LogP contribution in [0.25, 0.3) is 10.9 Å². The molecular formula is C20H29N3O3S. The smallest absolute Gasteiger partial charge is 0.262 e. The average molecular weight is 392 g/mol. The molecule has 2 rings (SSSR count). The topological polar surface area (TPSA) is 73.2 Å². The Kier molecular flexibility index (Phi) is 7.86. The zero-order valence-corrected chi connectivity index (χ0v) is 17.4. The fourth-order valence-corrected chi connectivity index (χ4v) is 3.38. The number of fused-ring (bicyclic) bond motifs is 1. The van der Waals surface area contributed by atoms with E-state index in [-0.39, 0.29) is 22.8 Å². The van der Waals surface area contributed by atoms with E-state index in [4.69, 9.17) is 4.74 Å². The lowest BCUT2D eigenvalue weighted by atomic mass is 10.0. The number of para-hydroxylation sites is 1. The van der Waals surface area contributed by atoms with Gasteiger partial charge in [0.15, 0.2) is 5.16 Å². The number of hydrogen-bond donors (Lipinski definition) is 1. The number of amides is 1. The first-order valence-corrected chi connectivity index (χ1v) is 10.4. The van der Waals surface area contributed by atoms with E-state index < -0.39 is 0 Å². The molecule has 1 aromatic heterocycles. The molecule has 0 aliphatic carbocycles. The van der Waals surface area contributed by atoms with Crippen molar-refractivity contribution in [1.82, 2.24) is 14.9 Å². The monoisotopic (exact) mass is 391 g/mol. The molecule has 0 bridgehead atoms. The highest BCUT2D eigenvalue weighted by molar-refractivity contribution is 7.99. The van der Waals surface area contributed by atoms with Crippen LogP contribution in [0.1, 0.15) is 40.5 Å². The molecule has 148 valence electrons. The first-order chi connectivity index (χ1) is 12.9. The molecule has 0 radical (unpaired) electrons. The molecule has 7 heteroatoms. The third kappa shape index (κ3) is 6.07. The normalized spacial score (nSPS) is 11.7. The minimum atomic E-state index is -0.244. The number of rotatable bonds is 10. The number of carbonyl (C=O) groups is 1. The summed E-state index contributed by atoms with van der Waals surface area (Å²) in [6, 6.07) is 7.31. The number of benzene rings is 1. The molecule has 0 saturated carbocycles. The largest absolute Gasteiger partial charge is 0.382 e. The van der Waals surface area contributed by atoms with Crippen molar-refractivity contribution in [3.63, 3.8) is 0 Å². The minimum absolute atomic E-state index is 0.0601. The van der Waals surface area contributed by atoms with E-state index in [0.29, 0.717) is 35.8 Å². The first-order valence-electron chi connectivity index (χ1n) is 9.39. The molecule has 1 aromatic carbocycles. The van der Waals surface area contributed by atoms with Crippen molar-refractivity contribution in [2.24, 2.45) is 0 Å². The van der Waals surface area contributed by atoms with E-state index >= 15 is 0 Å². The zero-order valence-electron chi connectivity index (χ0n) is 16.6. The SMILES string of the molecule is CCOCCCn1c(SCC(=O)NC(C)(C)CC)nc2ccccc2c1=O. The van der Waals surface area contributed by atoms with Gasteiger partial charge < -0.3 is 10.1 Å². The number of carbonyl (C=O) groups excluding carboxylic acids is 1. The van der Waals surface area contributed by atoms with Crippen LogP contribution in [0.5, 0.6) is 0 Å². The summed E-state index contributed by atoms with van der Waals surface area (Å²) in [5, 5.41) is 4.17. The number of nitrogens with one attached hydrogen (secondary N) is 1. The second-order valence-corrected chi connectivity index (χ2v) is 7.94. The Bertz CT molecular complexity index is 833. The third-order valence-corrected chi connectivity index (χ3v) is 5.37. The van der Waals surface area contributed by atoms with Crippen LogP contribution in [0, 0.1) is 0 Å². The van der Waals surface area contributed by atoms with Gasteiger partial charge in [0.05, 0.1) is 16.7 Å². The molecule has 6 nitrogen and oxygen atoms in total. The molecule has 0 unspecified atom stereocenters. The number of hydrogen-bond acceptors (Lipinski definition) is 5. The van der Waals surface area contributed by atoms with Crippen molar-refractivity contribution in [2.45, 2.75) is 57.8 Å². The van der Waals surface area contributed by atoms with E-state index in [1.807, 2.05) is 45.9 Å². The predicted molar refractivity (Wildman–Crippen MR) is 110 cm³/mol. The molecule has 0 spiro atoms. The zero-order chi connectivity index (χ0) is 19.9. The van der Waals surface area contributed by atoms with Crippen LogP contribution in [0.3, 0.4) is 0 Å². The fraction of sp³-hybridized carbons (Fsp3) is 0.550.